The molecule has 2 nitrogen and oxygen atoms in total. The number of likely N-dealkylation sites (tertiary alicyclic amines) is 1. The predicted octanol–water partition coefficient (Wildman–Crippen LogP) is 1.36. The molecule has 0 saturated carbocycles. The lowest BCUT2D eigenvalue weighted by atomic mass is 10.0. The number of halogens is 3. The van der Waals surface area contributed by atoms with Crippen LogP contribution >= 0.6 is 0 Å². The summed E-state index contributed by atoms with van der Waals surface area (Å²) in [4.78, 5) is 1.39. The molecule has 0 aromatic rings. The molecule has 0 spiro atoms. The second-order valence-corrected chi connectivity index (χ2v) is 4.09. The van der Waals surface area contributed by atoms with Crippen molar-refractivity contribution in [2.24, 2.45) is 5.73 Å². The van der Waals surface area contributed by atoms with Crippen LogP contribution in [0.2, 0.25) is 0 Å². The smallest absolute Gasteiger partial charge is 0.324 e. The molecule has 0 bridgehead atoms. The summed E-state index contributed by atoms with van der Waals surface area (Å²) in [5.74, 6) is 0. The van der Waals surface area contributed by atoms with Gasteiger partial charge in [0.05, 0.1) is 0 Å². The van der Waals surface area contributed by atoms with Crippen LogP contribution in [-0.4, -0.2) is 35.7 Å². The van der Waals surface area contributed by atoms with Gasteiger partial charge in [0.2, 0.25) is 0 Å². The largest absolute Gasteiger partial charge is 0.403 e. The predicted molar refractivity (Wildman–Crippen MR) is 44.3 cm³/mol. The van der Waals surface area contributed by atoms with Crippen molar-refractivity contribution in [3.8, 4) is 0 Å². The number of hydrogen-bond acceptors (Lipinski definition) is 2. The Bertz CT molecular complexity index is 188. The SMILES string of the molecule is CC(N1CCC(C)(N)C1)C(F)(F)F. The van der Waals surface area contributed by atoms with Gasteiger partial charge in [-0.15, -0.1) is 0 Å². The van der Waals surface area contributed by atoms with Gasteiger partial charge in [-0.2, -0.15) is 13.2 Å². The Morgan fingerprint density at radius 2 is 2.00 bits per heavy atom. The lowest BCUT2D eigenvalue weighted by molar-refractivity contribution is -0.176. The molecule has 0 radical (unpaired) electrons. The van der Waals surface area contributed by atoms with Crippen LogP contribution in [0, 0.1) is 0 Å². The fraction of sp³-hybridized carbons (Fsp3) is 1.00. The van der Waals surface area contributed by atoms with Crippen LogP contribution in [0.4, 0.5) is 13.2 Å². The van der Waals surface area contributed by atoms with E-state index in [1.807, 2.05) is 0 Å². The number of nitrogens with zero attached hydrogens (tertiary/aromatic N) is 1. The van der Waals surface area contributed by atoms with Gasteiger partial charge in [0.15, 0.2) is 0 Å². The van der Waals surface area contributed by atoms with E-state index >= 15 is 0 Å². The van der Waals surface area contributed by atoms with Gasteiger partial charge in [-0.25, -0.2) is 0 Å². The molecule has 13 heavy (non-hydrogen) atoms. The number of rotatable bonds is 1. The van der Waals surface area contributed by atoms with Crippen molar-refractivity contribution >= 4 is 0 Å². The van der Waals surface area contributed by atoms with Crippen molar-refractivity contribution in [2.45, 2.75) is 38.0 Å². The molecule has 0 aliphatic carbocycles. The van der Waals surface area contributed by atoms with Crippen LogP contribution in [-0.2, 0) is 0 Å². The maximum atomic E-state index is 12.3. The van der Waals surface area contributed by atoms with Crippen molar-refractivity contribution in [1.29, 1.82) is 0 Å². The molecular formula is C8H15F3N2. The second kappa shape index (κ2) is 3.13. The van der Waals surface area contributed by atoms with E-state index in [0.29, 0.717) is 19.5 Å². The Morgan fingerprint density at radius 1 is 1.46 bits per heavy atom. The highest BCUT2D eigenvalue weighted by atomic mass is 19.4. The minimum absolute atomic E-state index is 0.327. The third-order valence-corrected chi connectivity index (χ3v) is 2.56. The number of hydrogen-bond donors (Lipinski definition) is 1. The van der Waals surface area contributed by atoms with E-state index in [2.05, 4.69) is 0 Å². The molecule has 78 valence electrons. The highest BCUT2D eigenvalue weighted by Crippen LogP contribution is 2.29. The lowest BCUT2D eigenvalue weighted by Gasteiger charge is -2.27. The molecule has 5 heteroatoms. The molecule has 0 aromatic heterocycles. The first kappa shape index (κ1) is 10.8. The molecular weight excluding hydrogens is 181 g/mol. The summed E-state index contributed by atoms with van der Waals surface area (Å²) in [5.41, 5.74) is 5.28. The first-order chi connectivity index (χ1) is 5.72. The van der Waals surface area contributed by atoms with Crippen LogP contribution in [0.1, 0.15) is 20.3 Å². The maximum Gasteiger partial charge on any atom is 0.403 e. The Balaban J connectivity index is 2.57. The Hall–Kier alpha value is -0.290. The van der Waals surface area contributed by atoms with Crippen LogP contribution < -0.4 is 5.73 Å². The Morgan fingerprint density at radius 3 is 2.31 bits per heavy atom. The molecule has 2 unspecified atom stereocenters. The van der Waals surface area contributed by atoms with Gasteiger partial charge in [0.25, 0.3) is 0 Å². The fourth-order valence-electron chi connectivity index (χ4n) is 1.56. The van der Waals surface area contributed by atoms with Crippen LogP contribution in [0.3, 0.4) is 0 Å². The fourth-order valence-corrected chi connectivity index (χ4v) is 1.56. The monoisotopic (exact) mass is 196 g/mol. The topological polar surface area (TPSA) is 29.3 Å². The summed E-state index contributed by atoms with van der Waals surface area (Å²) < 4.78 is 36.8. The molecule has 1 heterocycles. The van der Waals surface area contributed by atoms with Crippen LogP contribution in [0.5, 0.6) is 0 Å². The normalized spacial score (nSPS) is 33.7. The van der Waals surface area contributed by atoms with Gasteiger partial charge in [-0.3, -0.25) is 4.90 Å². The zero-order chi connectivity index (χ0) is 10.3. The van der Waals surface area contributed by atoms with E-state index in [-0.39, 0.29) is 0 Å². The van der Waals surface area contributed by atoms with Crippen molar-refractivity contribution < 1.29 is 13.2 Å². The zero-order valence-electron chi connectivity index (χ0n) is 7.86. The van der Waals surface area contributed by atoms with Crippen molar-refractivity contribution in [1.82, 2.24) is 4.90 Å². The van der Waals surface area contributed by atoms with E-state index in [1.54, 1.807) is 6.92 Å². The van der Waals surface area contributed by atoms with Gasteiger partial charge in [-0.05, 0) is 20.3 Å². The molecule has 2 atom stereocenters. The molecule has 0 amide bonds. The van der Waals surface area contributed by atoms with E-state index in [1.165, 1.54) is 11.8 Å². The van der Waals surface area contributed by atoms with Crippen molar-refractivity contribution in [3.05, 3.63) is 0 Å². The third kappa shape index (κ3) is 2.57. The highest BCUT2D eigenvalue weighted by Gasteiger charge is 2.44. The Labute approximate surface area is 75.9 Å². The second-order valence-electron chi connectivity index (χ2n) is 4.09. The molecule has 1 fully saturated rings. The number of nitrogens with two attached hydrogens (primary N) is 1. The van der Waals surface area contributed by atoms with E-state index < -0.39 is 17.8 Å². The average Bonchev–Trinajstić information content (AvgIpc) is 2.26. The molecule has 0 aromatic carbocycles. The molecule has 1 aliphatic heterocycles. The summed E-state index contributed by atoms with van der Waals surface area (Å²) in [6.45, 7) is 3.73. The standard InChI is InChI=1S/C8H15F3N2/c1-6(8(9,10)11)13-4-3-7(2,12)5-13/h6H,3-5,12H2,1-2H3. The highest BCUT2D eigenvalue weighted by molar-refractivity contribution is 4.93. The van der Waals surface area contributed by atoms with Crippen molar-refractivity contribution in [2.75, 3.05) is 13.1 Å². The zero-order valence-corrected chi connectivity index (χ0v) is 7.86. The van der Waals surface area contributed by atoms with E-state index in [4.69, 9.17) is 5.73 Å². The molecule has 1 aliphatic rings. The minimum Gasteiger partial charge on any atom is -0.324 e. The van der Waals surface area contributed by atoms with Crippen LogP contribution in [0.25, 0.3) is 0 Å². The first-order valence-electron chi connectivity index (χ1n) is 4.32. The summed E-state index contributed by atoms with van der Waals surface area (Å²) in [6.07, 6.45) is -3.51. The van der Waals surface area contributed by atoms with Gasteiger partial charge in [0, 0.05) is 18.6 Å². The summed E-state index contributed by atoms with van der Waals surface area (Å²) in [5, 5.41) is 0. The van der Waals surface area contributed by atoms with E-state index in [0.717, 1.165) is 0 Å². The Kier molecular flexibility index (Phi) is 2.60. The molecule has 1 rings (SSSR count). The summed E-state index contributed by atoms with van der Waals surface area (Å²) in [7, 11) is 0. The van der Waals surface area contributed by atoms with Crippen molar-refractivity contribution in [3.63, 3.8) is 0 Å². The maximum absolute atomic E-state index is 12.3. The van der Waals surface area contributed by atoms with Gasteiger partial charge >= 0.3 is 6.18 Å². The lowest BCUT2D eigenvalue weighted by Crippen LogP contribution is -2.46. The molecule has 2 N–H and O–H groups in total. The molecule has 1 saturated heterocycles. The van der Waals surface area contributed by atoms with Gasteiger partial charge in [0.1, 0.15) is 6.04 Å². The summed E-state index contributed by atoms with van der Waals surface area (Å²) >= 11 is 0. The van der Waals surface area contributed by atoms with Gasteiger partial charge < -0.3 is 5.73 Å². The quantitative estimate of drug-likeness (QED) is 0.686. The van der Waals surface area contributed by atoms with E-state index in [9.17, 15) is 13.2 Å². The van der Waals surface area contributed by atoms with Crippen LogP contribution in [0.15, 0.2) is 0 Å². The third-order valence-electron chi connectivity index (χ3n) is 2.56. The summed E-state index contributed by atoms with van der Waals surface area (Å²) in [6, 6.07) is -1.38. The first-order valence-corrected chi connectivity index (χ1v) is 4.32. The minimum atomic E-state index is -4.14. The number of alkyl halides is 3. The average molecular weight is 196 g/mol. The van der Waals surface area contributed by atoms with Gasteiger partial charge in [-0.1, -0.05) is 0 Å².